The van der Waals surface area contributed by atoms with Crippen LogP contribution in [-0.2, 0) is 4.74 Å². The molecule has 1 aromatic rings. The third-order valence-electron chi connectivity index (χ3n) is 2.76. The summed E-state index contributed by atoms with van der Waals surface area (Å²) in [5.74, 6) is 1.53. The fraction of sp³-hybridized carbons (Fsp3) is 0.500. The highest BCUT2D eigenvalue weighted by Gasteiger charge is 2.18. The zero-order chi connectivity index (χ0) is 12.3. The standard InChI is InChI=1S/C12H16BrNO3/c1-15-11-6-12(16-2)10(5-9(11)13)14-8-3-4-17-7-8/h5-6,8,14H,3-4,7H2,1-2H3/t8-/m1/s1. The highest BCUT2D eigenvalue weighted by atomic mass is 79.9. The highest BCUT2D eigenvalue weighted by molar-refractivity contribution is 9.10. The fourth-order valence-corrected chi connectivity index (χ4v) is 2.35. The lowest BCUT2D eigenvalue weighted by molar-refractivity contribution is 0.195. The van der Waals surface area contributed by atoms with Crippen molar-refractivity contribution in [3.05, 3.63) is 16.6 Å². The lowest BCUT2D eigenvalue weighted by Crippen LogP contribution is -2.19. The number of halogens is 1. The van der Waals surface area contributed by atoms with Gasteiger partial charge in [0.15, 0.2) is 0 Å². The van der Waals surface area contributed by atoms with Gasteiger partial charge in [-0.15, -0.1) is 0 Å². The molecule has 1 heterocycles. The molecule has 1 aliphatic rings. The van der Waals surface area contributed by atoms with Gasteiger partial charge in [0.1, 0.15) is 11.5 Å². The van der Waals surface area contributed by atoms with Crippen LogP contribution in [0.2, 0.25) is 0 Å². The second-order valence-electron chi connectivity index (χ2n) is 3.89. The van der Waals surface area contributed by atoms with Crippen LogP contribution in [0.15, 0.2) is 16.6 Å². The Kier molecular flexibility index (Phi) is 4.12. The van der Waals surface area contributed by atoms with Crippen molar-refractivity contribution in [3.8, 4) is 11.5 Å². The lowest BCUT2D eigenvalue weighted by Gasteiger charge is -2.17. The van der Waals surface area contributed by atoms with Gasteiger partial charge in [-0.3, -0.25) is 0 Å². The van der Waals surface area contributed by atoms with Crippen molar-refractivity contribution in [1.82, 2.24) is 0 Å². The number of methoxy groups -OCH3 is 2. The summed E-state index contributed by atoms with van der Waals surface area (Å²) in [6, 6.07) is 4.18. The fourth-order valence-electron chi connectivity index (χ4n) is 1.84. The zero-order valence-electron chi connectivity index (χ0n) is 9.96. The van der Waals surface area contributed by atoms with Gasteiger partial charge in [-0.2, -0.15) is 0 Å². The average molecular weight is 302 g/mol. The van der Waals surface area contributed by atoms with E-state index in [1.54, 1.807) is 14.2 Å². The Labute approximate surface area is 109 Å². The first-order valence-corrected chi connectivity index (χ1v) is 6.29. The molecule has 17 heavy (non-hydrogen) atoms. The Morgan fingerprint density at radius 2 is 2.06 bits per heavy atom. The van der Waals surface area contributed by atoms with Crippen molar-refractivity contribution in [2.24, 2.45) is 0 Å². The van der Waals surface area contributed by atoms with Crippen LogP contribution in [0.3, 0.4) is 0 Å². The SMILES string of the molecule is COc1cc(OC)c(N[C@@H]2CCOC2)cc1Br. The highest BCUT2D eigenvalue weighted by Crippen LogP contribution is 2.36. The monoisotopic (exact) mass is 301 g/mol. The van der Waals surface area contributed by atoms with Crippen molar-refractivity contribution in [1.29, 1.82) is 0 Å². The number of hydrogen-bond donors (Lipinski definition) is 1. The van der Waals surface area contributed by atoms with E-state index in [9.17, 15) is 0 Å². The minimum absolute atomic E-state index is 0.351. The van der Waals surface area contributed by atoms with Crippen LogP contribution in [0.1, 0.15) is 6.42 Å². The van der Waals surface area contributed by atoms with Crippen LogP contribution >= 0.6 is 15.9 Å². The summed E-state index contributed by atoms with van der Waals surface area (Å²) >= 11 is 3.47. The number of rotatable bonds is 4. The van der Waals surface area contributed by atoms with Crippen LogP contribution in [0.4, 0.5) is 5.69 Å². The Balaban J connectivity index is 2.22. The molecule has 0 aromatic heterocycles. The number of benzene rings is 1. The molecule has 0 radical (unpaired) electrons. The molecule has 94 valence electrons. The first kappa shape index (κ1) is 12.5. The molecule has 1 saturated heterocycles. The molecule has 0 aliphatic carbocycles. The van der Waals surface area contributed by atoms with Gasteiger partial charge in [-0.25, -0.2) is 0 Å². The molecule has 0 unspecified atom stereocenters. The largest absolute Gasteiger partial charge is 0.495 e. The van der Waals surface area contributed by atoms with Crippen LogP contribution in [0.25, 0.3) is 0 Å². The van der Waals surface area contributed by atoms with E-state index in [1.807, 2.05) is 12.1 Å². The smallest absolute Gasteiger partial charge is 0.145 e. The van der Waals surface area contributed by atoms with E-state index in [1.165, 1.54) is 0 Å². The molecular weight excluding hydrogens is 286 g/mol. The van der Waals surface area contributed by atoms with Gasteiger partial charge in [0.05, 0.1) is 37.0 Å². The maximum atomic E-state index is 5.35. The van der Waals surface area contributed by atoms with E-state index in [-0.39, 0.29) is 0 Å². The van der Waals surface area contributed by atoms with E-state index < -0.39 is 0 Å². The van der Waals surface area contributed by atoms with Gasteiger partial charge in [0.25, 0.3) is 0 Å². The second kappa shape index (κ2) is 5.60. The van der Waals surface area contributed by atoms with E-state index in [0.717, 1.165) is 41.3 Å². The molecule has 1 atom stereocenters. The van der Waals surface area contributed by atoms with Crippen molar-refractivity contribution < 1.29 is 14.2 Å². The molecule has 0 saturated carbocycles. The molecule has 0 bridgehead atoms. The Bertz CT molecular complexity index is 392. The summed E-state index contributed by atoms with van der Waals surface area (Å²) in [6.45, 7) is 1.56. The third-order valence-corrected chi connectivity index (χ3v) is 3.38. The Hall–Kier alpha value is -0.940. The normalized spacial score (nSPS) is 19.1. The molecule has 2 rings (SSSR count). The summed E-state index contributed by atoms with van der Waals surface area (Å²) in [7, 11) is 3.29. The summed E-state index contributed by atoms with van der Waals surface area (Å²) in [6.07, 6.45) is 1.02. The van der Waals surface area contributed by atoms with Gasteiger partial charge in [-0.05, 0) is 28.4 Å². The first-order chi connectivity index (χ1) is 8.24. The van der Waals surface area contributed by atoms with E-state index in [4.69, 9.17) is 14.2 Å². The third kappa shape index (κ3) is 2.84. The van der Waals surface area contributed by atoms with Crippen LogP contribution in [0, 0.1) is 0 Å². The van der Waals surface area contributed by atoms with Gasteiger partial charge in [0, 0.05) is 12.7 Å². The molecule has 5 heteroatoms. The van der Waals surface area contributed by atoms with E-state index in [0.29, 0.717) is 6.04 Å². The van der Waals surface area contributed by atoms with Gasteiger partial charge in [0.2, 0.25) is 0 Å². The Morgan fingerprint density at radius 3 is 2.65 bits per heavy atom. The molecule has 4 nitrogen and oxygen atoms in total. The second-order valence-corrected chi connectivity index (χ2v) is 4.75. The lowest BCUT2D eigenvalue weighted by atomic mass is 10.2. The molecule has 0 spiro atoms. The number of ether oxygens (including phenoxy) is 3. The van der Waals surface area contributed by atoms with E-state index >= 15 is 0 Å². The quantitative estimate of drug-likeness (QED) is 0.928. The van der Waals surface area contributed by atoms with Crippen molar-refractivity contribution in [2.45, 2.75) is 12.5 Å². The molecule has 1 fully saturated rings. The average Bonchev–Trinajstić information content (AvgIpc) is 2.82. The summed E-state index contributed by atoms with van der Waals surface area (Å²) in [5.41, 5.74) is 0.954. The van der Waals surface area contributed by atoms with Crippen molar-refractivity contribution in [2.75, 3.05) is 32.8 Å². The molecule has 1 N–H and O–H groups in total. The Morgan fingerprint density at radius 1 is 1.29 bits per heavy atom. The molecule has 1 aromatic carbocycles. The van der Waals surface area contributed by atoms with Gasteiger partial charge >= 0.3 is 0 Å². The van der Waals surface area contributed by atoms with Crippen LogP contribution in [-0.4, -0.2) is 33.5 Å². The number of nitrogens with one attached hydrogen (secondary N) is 1. The zero-order valence-corrected chi connectivity index (χ0v) is 11.5. The maximum Gasteiger partial charge on any atom is 0.145 e. The van der Waals surface area contributed by atoms with Gasteiger partial charge < -0.3 is 19.5 Å². The number of hydrogen-bond acceptors (Lipinski definition) is 4. The molecular formula is C12H16BrNO3. The predicted molar refractivity (Wildman–Crippen MR) is 70.1 cm³/mol. The summed E-state index contributed by atoms with van der Waals surface area (Å²) in [4.78, 5) is 0. The first-order valence-electron chi connectivity index (χ1n) is 5.50. The van der Waals surface area contributed by atoms with Crippen molar-refractivity contribution in [3.63, 3.8) is 0 Å². The summed E-state index contributed by atoms with van der Waals surface area (Å²) < 4.78 is 16.8. The predicted octanol–water partition coefficient (Wildman–Crippen LogP) is 2.67. The minimum Gasteiger partial charge on any atom is -0.495 e. The van der Waals surface area contributed by atoms with Crippen LogP contribution < -0.4 is 14.8 Å². The molecule has 1 aliphatic heterocycles. The van der Waals surface area contributed by atoms with Gasteiger partial charge in [-0.1, -0.05) is 0 Å². The van der Waals surface area contributed by atoms with E-state index in [2.05, 4.69) is 21.2 Å². The van der Waals surface area contributed by atoms with Crippen molar-refractivity contribution >= 4 is 21.6 Å². The number of anilines is 1. The molecule has 0 amide bonds. The maximum absolute atomic E-state index is 5.35. The summed E-state index contributed by atoms with van der Waals surface area (Å²) in [5, 5.41) is 3.42. The minimum atomic E-state index is 0.351. The topological polar surface area (TPSA) is 39.7 Å². The van der Waals surface area contributed by atoms with Crippen LogP contribution in [0.5, 0.6) is 11.5 Å².